The summed E-state index contributed by atoms with van der Waals surface area (Å²) in [5.41, 5.74) is 6.57. The highest BCUT2D eigenvalue weighted by Gasteiger charge is 2.37. The highest BCUT2D eigenvalue weighted by molar-refractivity contribution is 7.96. The lowest BCUT2D eigenvalue weighted by Gasteiger charge is -2.18. The van der Waals surface area contributed by atoms with Crippen LogP contribution >= 0.6 is 12.2 Å². The van der Waals surface area contributed by atoms with Crippen molar-refractivity contribution < 1.29 is 22.5 Å². The summed E-state index contributed by atoms with van der Waals surface area (Å²) in [4.78, 5) is 15.5. The third kappa shape index (κ3) is 3.52. The van der Waals surface area contributed by atoms with Crippen molar-refractivity contribution in [3.8, 4) is 17.1 Å². The van der Waals surface area contributed by atoms with E-state index in [0.717, 1.165) is 17.8 Å². The van der Waals surface area contributed by atoms with Gasteiger partial charge in [-0.05, 0) is 12.1 Å². The SMILES string of the molecule is NC(=O)CNc1ccc2c(c1)OCCn1cc(N3SOCC3C(F)F)nc1-2. The predicted molar refractivity (Wildman–Crippen MR) is 96.7 cm³/mol. The summed E-state index contributed by atoms with van der Waals surface area (Å²) in [5, 5.41) is 2.91. The first-order chi connectivity index (χ1) is 13.0. The number of nitrogens with two attached hydrogens (primary N) is 1. The molecule has 0 aliphatic carbocycles. The summed E-state index contributed by atoms with van der Waals surface area (Å²) in [6.07, 6.45) is -0.805. The average molecular weight is 397 g/mol. The van der Waals surface area contributed by atoms with E-state index in [1.807, 2.05) is 10.6 Å². The molecule has 1 aromatic heterocycles. The lowest BCUT2D eigenvalue weighted by molar-refractivity contribution is -0.116. The van der Waals surface area contributed by atoms with Crippen LogP contribution in [0, 0.1) is 0 Å². The van der Waals surface area contributed by atoms with Gasteiger partial charge >= 0.3 is 0 Å². The van der Waals surface area contributed by atoms with Crippen LogP contribution in [0.15, 0.2) is 24.4 Å². The maximum absolute atomic E-state index is 13.2. The molecule has 0 saturated carbocycles. The summed E-state index contributed by atoms with van der Waals surface area (Å²) < 4.78 is 40.6. The number of benzene rings is 1. The molecule has 8 nitrogen and oxygen atoms in total. The highest BCUT2D eigenvalue weighted by Crippen LogP contribution is 2.39. The molecular formula is C16H17F2N5O3S. The molecule has 0 radical (unpaired) electrons. The first-order valence-electron chi connectivity index (χ1n) is 8.26. The second-order valence-electron chi connectivity index (χ2n) is 6.08. The fourth-order valence-electron chi connectivity index (χ4n) is 2.94. The Bertz CT molecular complexity index is 863. The zero-order valence-corrected chi connectivity index (χ0v) is 14.9. The van der Waals surface area contributed by atoms with Crippen molar-refractivity contribution in [3.63, 3.8) is 0 Å². The number of hydrogen-bond acceptors (Lipinski definition) is 7. The lowest BCUT2D eigenvalue weighted by atomic mass is 10.1. The zero-order chi connectivity index (χ0) is 19.0. The van der Waals surface area contributed by atoms with E-state index in [1.54, 1.807) is 18.3 Å². The van der Waals surface area contributed by atoms with E-state index in [9.17, 15) is 13.6 Å². The van der Waals surface area contributed by atoms with Crippen LogP contribution in [0.25, 0.3) is 11.4 Å². The van der Waals surface area contributed by atoms with Gasteiger partial charge in [-0.15, -0.1) is 0 Å². The molecule has 1 aromatic carbocycles. The molecule has 144 valence electrons. The van der Waals surface area contributed by atoms with Crippen LogP contribution < -0.4 is 20.1 Å². The van der Waals surface area contributed by atoms with Gasteiger partial charge in [0, 0.05) is 18.0 Å². The molecular weight excluding hydrogens is 380 g/mol. The van der Waals surface area contributed by atoms with E-state index in [-0.39, 0.29) is 13.2 Å². The largest absolute Gasteiger partial charge is 0.491 e. The monoisotopic (exact) mass is 397 g/mol. The summed E-state index contributed by atoms with van der Waals surface area (Å²) >= 11 is 0.886. The van der Waals surface area contributed by atoms with Crippen LogP contribution in [0.3, 0.4) is 0 Å². The molecule has 4 rings (SSSR count). The van der Waals surface area contributed by atoms with E-state index in [2.05, 4.69) is 10.3 Å². The smallest absolute Gasteiger partial charge is 0.262 e. The minimum Gasteiger partial charge on any atom is -0.491 e. The van der Waals surface area contributed by atoms with Crippen molar-refractivity contribution in [2.24, 2.45) is 5.73 Å². The van der Waals surface area contributed by atoms with Crippen molar-refractivity contribution in [2.45, 2.75) is 19.0 Å². The number of rotatable bonds is 5. The van der Waals surface area contributed by atoms with E-state index < -0.39 is 18.4 Å². The van der Waals surface area contributed by atoms with Gasteiger partial charge in [-0.3, -0.25) is 13.3 Å². The number of ether oxygens (including phenoxy) is 1. The maximum Gasteiger partial charge on any atom is 0.262 e. The Balaban J connectivity index is 1.65. The van der Waals surface area contributed by atoms with Crippen LogP contribution in [0.4, 0.5) is 20.3 Å². The number of halogens is 2. The summed E-state index contributed by atoms with van der Waals surface area (Å²) in [7, 11) is 0. The number of aromatic nitrogens is 2. The number of anilines is 2. The minimum atomic E-state index is -2.53. The van der Waals surface area contributed by atoms with Gasteiger partial charge in [0.15, 0.2) is 5.82 Å². The molecule has 0 bridgehead atoms. The molecule has 0 spiro atoms. The number of nitrogens with zero attached hydrogens (tertiary/aromatic N) is 3. The van der Waals surface area contributed by atoms with E-state index in [1.165, 1.54) is 4.31 Å². The number of alkyl halides is 2. The van der Waals surface area contributed by atoms with E-state index >= 15 is 0 Å². The van der Waals surface area contributed by atoms with Gasteiger partial charge in [0.1, 0.15) is 36.5 Å². The normalized spacial score (nSPS) is 18.6. The topological polar surface area (TPSA) is 94.6 Å². The fraction of sp³-hybridized carbons (Fsp3) is 0.375. The number of amides is 1. The van der Waals surface area contributed by atoms with Crippen molar-refractivity contribution >= 4 is 29.6 Å². The molecule has 2 aliphatic heterocycles. The lowest BCUT2D eigenvalue weighted by Crippen LogP contribution is -2.33. The second kappa shape index (κ2) is 7.24. The molecule has 1 fully saturated rings. The van der Waals surface area contributed by atoms with Crippen LogP contribution in [-0.2, 0) is 15.5 Å². The number of primary amides is 1. The summed E-state index contributed by atoms with van der Waals surface area (Å²) in [6, 6.07) is 4.32. The number of carbonyl (C=O) groups is 1. The predicted octanol–water partition coefficient (Wildman–Crippen LogP) is 1.87. The number of hydrogen-bond donors (Lipinski definition) is 2. The third-order valence-corrected chi connectivity index (χ3v) is 5.09. The van der Waals surface area contributed by atoms with Crippen LogP contribution in [0.2, 0.25) is 0 Å². The number of carbonyl (C=O) groups excluding carboxylic acids is 1. The highest BCUT2D eigenvalue weighted by atomic mass is 32.2. The molecule has 1 amide bonds. The summed E-state index contributed by atoms with van der Waals surface area (Å²) in [5.74, 6) is 1.17. The molecule has 1 unspecified atom stereocenters. The number of nitrogens with one attached hydrogen (secondary N) is 1. The van der Waals surface area contributed by atoms with Crippen molar-refractivity contribution in [3.05, 3.63) is 24.4 Å². The van der Waals surface area contributed by atoms with Gasteiger partial charge < -0.3 is 20.4 Å². The number of imidazole rings is 1. The van der Waals surface area contributed by atoms with Crippen molar-refractivity contribution in [1.29, 1.82) is 0 Å². The first kappa shape index (κ1) is 17.9. The van der Waals surface area contributed by atoms with Gasteiger partial charge in [0.05, 0.1) is 25.3 Å². The first-order valence-corrected chi connectivity index (χ1v) is 8.96. The zero-order valence-electron chi connectivity index (χ0n) is 14.1. The molecule has 3 heterocycles. The van der Waals surface area contributed by atoms with Gasteiger partial charge in [-0.2, -0.15) is 0 Å². The minimum absolute atomic E-state index is 0.0127. The summed E-state index contributed by atoms with van der Waals surface area (Å²) in [6.45, 7) is 0.884. The molecule has 2 aliphatic rings. The van der Waals surface area contributed by atoms with Gasteiger partial charge in [0.25, 0.3) is 6.43 Å². The van der Waals surface area contributed by atoms with E-state index in [4.69, 9.17) is 14.7 Å². The Morgan fingerprint density at radius 2 is 2.33 bits per heavy atom. The Hall–Kier alpha value is -2.53. The molecule has 3 N–H and O–H groups in total. The van der Waals surface area contributed by atoms with Gasteiger partial charge in [-0.25, -0.2) is 13.8 Å². The van der Waals surface area contributed by atoms with Crippen LogP contribution in [-0.4, -0.2) is 47.7 Å². The standard InChI is InChI=1S/C16H17F2N5O3S/c17-15(18)11-8-26-27-23(11)14-7-22-3-4-25-12-5-9(20-6-13(19)24)1-2-10(12)16(22)21-14/h1-2,5,7,11,15,20H,3-4,6,8H2,(H2,19,24). The molecule has 27 heavy (non-hydrogen) atoms. The quantitative estimate of drug-likeness (QED) is 0.588. The Morgan fingerprint density at radius 3 is 3.11 bits per heavy atom. The fourth-order valence-corrected chi connectivity index (χ4v) is 3.68. The molecule has 11 heteroatoms. The van der Waals surface area contributed by atoms with E-state index in [0.29, 0.717) is 36.2 Å². The molecule has 2 aromatic rings. The Kier molecular flexibility index (Phi) is 4.79. The van der Waals surface area contributed by atoms with Crippen molar-refractivity contribution in [1.82, 2.24) is 9.55 Å². The van der Waals surface area contributed by atoms with Gasteiger partial charge in [0.2, 0.25) is 5.91 Å². The van der Waals surface area contributed by atoms with Crippen LogP contribution in [0.5, 0.6) is 5.75 Å². The maximum atomic E-state index is 13.2. The molecule has 1 saturated heterocycles. The third-order valence-electron chi connectivity index (χ3n) is 4.23. The average Bonchev–Trinajstić information content (AvgIpc) is 3.24. The Labute approximate surface area is 158 Å². The van der Waals surface area contributed by atoms with Crippen LogP contribution in [0.1, 0.15) is 0 Å². The van der Waals surface area contributed by atoms with Gasteiger partial charge in [-0.1, -0.05) is 0 Å². The molecule has 1 atom stereocenters. The Morgan fingerprint density at radius 1 is 1.48 bits per heavy atom. The number of fused-ring (bicyclic) bond motifs is 3. The van der Waals surface area contributed by atoms with Crippen molar-refractivity contribution in [2.75, 3.05) is 29.4 Å². The second-order valence-corrected chi connectivity index (χ2v) is 6.86.